The summed E-state index contributed by atoms with van der Waals surface area (Å²) in [6.07, 6.45) is -0.548. The third-order valence-corrected chi connectivity index (χ3v) is 3.54. The Balaban J connectivity index is 1.74. The predicted molar refractivity (Wildman–Crippen MR) is 95.7 cm³/mol. The Morgan fingerprint density at radius 2 is 1.67 bits per heavy atom. The van der Waals surface area contributed by atoms with Crippen molar-refractivity contribution >= 4 is 5.91 Å². The predicted octanol–water partition coefficient (Wildman–Crippen LogP) is 3.57. The normalized spacial score (nSPS) is 11.7. The Hall–Kier alpha value is -2.49. The van der Waals surface area contributed by atoms with E-state index in [4.69, 9.17) is 9.47 Å². The van der Waals surface area contributed by atoms with Gasteiger partial charge in [0.15, 0.2) is 6.10 Å². The molecule has 2 rings (SSSR count). The Morgan fingerprint density at radius 1 is 1.00 bits per heavy atom. The largest absolute Gasteiger partial charge is 0.492 e. The highest BCUT2D eigenvalue weighted by molar-refractivity contribution is 5.80. The lowest BCUT2D eigenvalue weighted by molar-refractivity contribution is -0.127. The van der Waals surface area contributed by atoms with Crippen LogP contribution in [-0.2, 0) is 4.79 Å². The van der Waals surface area contributed by atoms with E-state index < -0.39 is 6.10 Å². The molecule has 24 heavy (non-hydrogen) atoms. The van der Waals surface area contributed by atoms with E-state index in [-0.39, 0.29) is 5.91 Å². The van der Waals surface area contributed by atoms with Crippen LogP contribution in [0, 0.1) is 20.8 Å². The highest BCUT2D eigenvalue weighted by atomic mass is 16.5. The van der Waals surface area contributed by atoms with Gasteiger partial charge in [-0.3, -0.25) is 4.79 Å². The van der Waals surface area contributed by atoms with E-state index in [1.165, 1.54) is 0 Å². The molecule has 0 spiro atoms. The molecule has 4 heteroatoms. The van der Waals surface area contributed by atoms with Gasteiger partial charge >= 0.3 is 0 Å². The van der Waals surface area contributed by atoms with Gasteiger partial charge in [-0.05, 0) is 68.7 Å². The first kappa shape index (κ1) is 17.9. The molecule has 1 amide bonds. The van der Waals surface area contributed by atoms with Crippen molar-refractivity contribution in [2.45, 2.75) is 33.8 Å². The van der Waals surface area contributed by atoms with Crippen LogP contribution < -0.4 is 14.8 Å². The van der Waals surface area contributed by atoms with Crippen LogP contribution in [0.3, 0.4) is 0 Å². The first-order valence-electron chi connectivity index (χ1n) is 8.16. The van der Waals surface area contributed by atoms with Gasteiger partial charge in [-0.25, -0.2) is 0 Å². The fourth-order valence-corrected chi connectivity index (χ4v) is 2.45. The summed E-state index contributed by atoms with van der Waals surface area (Å²) in [4.78, 5) is 12.1. The van der Waals surface area contributed by atoms with Crippen LogP contribution >= 0.6 is 0 Å². The van der Waals surface area contributed by atoms with E-state index in [9.17, 15) is 4.79 Å². The molecule has 0 saturated carbocycles. The van der Waals surface area contributed by atoms with Gasteiger partial charge in [0.25, 0.3) is 5.91 Å². The molecule has 0 radical (unpaired) electrons. The minimum atomic E-state index is -0.548. The summed E-state index contributed by atoms with van der Waals surface area (Å²) in [7, 11) is 0. The van der Waals surface area contributed by atoms with Crippen LogP contribution in [0.4, 0.5) is 0 Å². The van der Waals surface area contributed by atoms with Gasteiger partial charge in [0.05, 0.1) is 6.54 Å². The van der Waals surface area contributed by atoms with E-state index in [0.29, 0.717) is 18.9 Å². The molecule has 4 nitrogen and oxygen atoms in total. The molecule has 1 atom stereocenters. The van der Waals surface area contributed by atoms with E-state index in [1.807, 2.05) is 57.2 Å². The van der Waals surface area contributed by atoms with Gasteiger partial charge < -0.3 is 14.8 Å². The lowest BCUT2D eigenvalue weighted by Crippen LogP contribution is -2.38. The quantitative estimate of drug-likeness (QED) is 0.791. The maximum Gasteiger partial charge on any atom is 0.260 e. The number of benzene rings is 2. The van der Waals surface area contributed by atoms with E-state index in [1.54, 1.807) is 6.92 Å². The van der Waals surface area contributed by atoms with E-state index in [2.05, 4.69) is 11.4 Å². The van der Waals surface area contributed by atoms with Crippen LogP contribution in [-0.4, -0.2) is 25.2 Å². The number of amides is 1. The standard InChI is InChI=1S/C20H25NO3/c1-14-6-5-7-18(11-14)24-17(4)20(22)21-8-9-23-19-12-15(2)10-16(3)13-19/h5-7,10-13,17H,8-9H2,1-4H3,(H,21,22). The van der Waals surface area contributed by atoms with Gasteiger partial charge in [0.1, 0.15) is 18.1 Å². The van der Waals surface area contributed by atoms with Crippen LogP contribution in [0.15, 0.2) is 42.5 Å². The topological polar surface area (TPSA) is 47.6 Å². The molecule has 0 saturated heterocycles. The second kappa shape index (κ2) is 8.39. The fraction of sp³-hybridized carbons (Fsp3) is 0.350. The third kappa shape index (κ3) is 5.61. The van der Waals surface area contributed by atoms with Crippen molar-refractivity contribution in [1.29, 1.82) is 0 Å². The van der Waals surface area contributed by atoms with Crippen molar-refractivity contribution in [3.63, 3.8) is 0 Å². The first-order chi connectivity index (χ1) is 11.4. The molecule has 0 aliphatic carbocycles. The Bertz CT molecular complexity index is 677. The van der Waals surface area contributed by atoms with Crippen molar-refractivity contribution in [2.24, 2.45) is 0 Å². The molecule has 0 heterocycles. The fourth-order valence-electron chi connectivity index (χ4n) is 2.45. The number of hydrogen-bond acceptors (Lipinski definition) is 3. The second-order valence-electron chi connectivity index (χ2n) is 6.04. The summed E-state index contributed by atoms with van der Waals surface area (Å²) >= 11 is 0. The summed E-state index contributed by atoms with van der Waals surface area (Å²) in [5.41, 5.74) is 3.42. The lowest BCUT2D eigenvalue weighted by atomic mass is 10.1. The van der Waals surface area contributed by atoms with Crippen LogP contribution in [0.25, 0.3) is 0 Å². The Kier molecular flexibility index (Phi) is 6.24. The molecule has 0 aliphatic rings. The van der Waals surface area contributed by atoms with Crippen molar-refractivity contribution in [2.75, 3.05) is 13.2 Å². The molecule has 0 fully saturated rings. The van der Waals surface area contributed by atoms with Crippen LogP contribution in [0.2, 0.25) is 0 Å². The number of rotatable bonds is 7. The van der Waals surface area contributed by atoms with Crippen LogP contribution in [0.5, 0.6) is 11.5 Å². The zero-order valence-electron chi connectivity index (χ0n) is 14.8. The van der Waals surface area contributed by atoms with Gasteiger partial charge in [0, 0.05) is 0 Å². The van der Waals surface area contributed by atoms with Crippen molar-refractivity contribution < 1.29 is 14.3 Å². The highest BCUT2D eigenvalue weighted by Crippen LogP contribution is 2.16. The number of ether oxygens (including phenoxy) is 2. The summed E-state index contributed by atoms with van der Waals surface area (Å²) < 4.78 is 11.3. The van der Waals surface area contributed by atoms with Crippen molar-refractivity contribution in [3.8, 4) is 11.5 Å². The summed E-state index contributed by atoms with van der Waals surface area (Å²) in [6.45, 7) is 8.65. The summed E-state index contributed by atoms with van der Waals surface area (Å²) in [5.74, 6) is 1.37. The highest BCUT2D eigenvalue weighted by Gasteiger charge is 2.14. The minimum absolute atomic E-state index is 0.152. The average molecular weight is 327 g/mol. The maximum absolute atomic E-state index is 12.1. The molecule has 0 bridgehead atoms. The zero-order chi connectivity index (χ0) is 17.5. The van der Waals surface area contributed by atoms with Gasteiger partial charge in [0.2, 0.25) is 0 Å². The number of carbonyl (C=O) groups is 1. The molecule has 0 aliphatic heterocycles. The number of hydrogen-bond donors (Lipinski definition) is 1. The molecule has 128 valence electrons. The smallest absolute Gasteiger partial charge is 0.260 e. The average Bonchev–Trinajstić information content (AvgIpc) is 2.50. The molecule has 1 unspecified atom stereocenters. The van der Waals surface area contributed by atoms with Crippen LogP contribution in [0.1, 0.15) is 23.6 Å². The van der Waals surface area contributed by atoms with Gasteiger partial charge in [-0.1, -0.05) is 18.2 Å². The molecule has 0 aromatic heterocycles. The third-order valence-electron chi connectivity index (χ3n) is 3.54. The molecule has 2 aromatic carbocycles. The first-order valence-corrected chi connectivity index (χ1v) is 8.16. The maximum atomic E-state index is 12.1. The Labute approximate surface area is 143 Å². The SMILES string of the molecule is Cc1cc(C)cc(OCCNC(=O)C(C)Oc2cccc(C)c2)c1. The summed E-state index contributed by atoms with van der Waals surface area (Å²) in [5, 5.41) is 2.83. The number of aryl methyl sites for hydroxylation is 3. The van der Waals surface area contributed by atoms with Gasteiger partial charge in [-0.2, -0.15) is 0 Å². The lowest BCUT2D eigenvalue weighted by Gasteiger charge is -2.15. The molecular weight excluding hydrogens is 302 g/mol. The Morgan fingerprint density at radius 3 is 2.33 bits per heavy atom. The van der Waals surface area contributed by atoms with Crippen molar-refractivity contribution in [1.82, 2.24) is 5.32 Å². The number of nitrogens with one attached hydrogen (secondary N) is 1. The monoisotopic (exact) mass is 327 g/mol. The van der Waals surface area contributed by atoms with Gasteiger partial charge in [-0.15, -0.1) is 0 Å². The second-order valence-corrected chi connectivity index (χ2v) is 6.04. The van der Waals surface area contributed by atoms with Crippen molar-refractivity contribution in [3.05, 3.63) is 59.2 Å². The van der Waals surface area contributed by atoms with E-state index in [0.717, 1.165) is 22.4 Å². The molecule has 2 aromatic rings. The van der Waals surface area contributed by atoms with E-state index >= 15 is 0 Å². The molecular formula is C20H25NO3. The zero-order valence-corrected chi connectivity index (χ0v) is 14.8. The summed E-state index contributed by atoms with van der Waals surface area (Å²) in [6, 6.07) is 13.7. The number of carbonyl (C=O) groups excluding carboxylic acids is 1. The minimum Gasteiger partial charge on any atom is -0.492 e. The molecule has 1 N–H and O–H groups in total.